The quantitative estimate of drug-likeness (QED) is 0.415. The third-order valence-corrected chi connectivity index (χ3v) is 4.94. The van der Waals surface area contributed by atoms with Crippen molar-refractivity contribution in [1.82, 2.24) is 9.97 Å². The van der Waals surface area contributed by atoms with Crippen LogP contribution in [-0.2, 0) is 6.61 Å². The van der Waals surface area contributed by atoms with Crippen LogP contribution in [0.5, 0.6) is 17.2 Å². The molecule has 0 aliphatic carbocycles. The van der Waals surface area contributed by atoms with Crippen molar-refractivity contribution in [3.63, 3.8) is 0 Å². The molecule has 1 amide bonds. The van der Waals surface area contributed by atoms with Crippen molar-refractivity contribution in [3.8, 4) is 28.5 Å². The Morgan fingerprint density at radius 2 is 1.52 bits per heavy atom. The van der Waals surface area contributed by atoms with Gasteiger partial charge in [0.15, 0.2) is 5.69 Å². The van der Waals surface area contributed by atoms with Crippen LogP contribution in [0.25, 0.3) is 11.3 Å². The molecule has 0 spiro atoms. The molecule has 0 radical (unpaired) electrons. The predicted molar refractivity (Wildman–Crippen MR) is 126 cm³/mol. The zero-order valence-corrected chi connectivity index (χ0v) is 18.3. The number of hydrogen-bond acceptors (Lipinski definition) is 6. The Balaban J connectivity index is 1.47. The van der Waals surface area contributed by atoms with Crippen LogP contribution in [-0.4, -0.2) is 30.1 Å². The summed E-state index contributed by atoms with van der Waals surface area (Å²) in [4.78, 5) is 21.5. The van der Waals surface area contributed by atoms with Gasteiger partial charge < -0.3 is 19.5 Å². The zero-order chi connectivity index (χ0) is 23.0. The van der Waals surface area contributed by atoms with Gasteiger partial charge in [0, 0.05) is 29.7 Å². The molecular formula is C26H23N3O4. The number of nitrogens with zero attached hydrogens (tertiary/aromatic N) is 2. The van der Waals surface area contributed by atoms with Gasteiger partial charge in [-0.3, -0.25) is 9.78 Å². The largest absolute Gasteiger partial charge is 0.497 e. The Hall–Kier alpha value is -4.39. The van der Waals surface area contributed by atoms with Gasteiger partial charge in [-0.1, -0.05) is 30.3 Å². The van der Waals surface area contributed by atoms with Crippen LogP contribution in [0.2, 0.25) is 0 Å². The van der Waals surface area contributed by atoms with Crippen LogP contribution in [0.4, 0.5) is 5.69 Å². The minimum absolute atomic E-state index is 0.244. The Morgan fingerprint density at radius 3 is 2.24 bits per heavy atom. The second kappa shape index (κ2) is 10.3. The van der Waals surface area contributed by atoms with Crippen LogP contribution in [0.3, 0.4) is 0 Å². The van der Waals surface area contributed by atoms with E-state index in [1.807, 2.05) is 48.5 Å². The Kier molecular flexibility index (Phi) is 6.80. The smallest absolute Gasteiger partial charge is 0.276 e. The van der Waals surface area contributed by atoms with Crippen molar-refractivity contribution in [3.05, 3.63) is 96.4 Å². The van der Waals surface area contributed by atoms with Crippen molar-refractivity contribution in [2.45, 2.75) is 6.61 Å². The molecule has 0 saturated heterocycles. The third-order valence-electron chi connectivity index (χ3n) is 4.94. The maximum absolute atomic E-state index is 12.9. The lowest BCUT2D eigenvalue weighted by atomic mass is 10.1. The van der Waals surface area contributed by atoms with Crippen LogP contribution in [0, 0.1) is 0 Å². The zero-order valence-electron chi connectivity index (χ0n) is 18.3. The van der Waals surface area contributed by atoms with E-state index in [1.54, 1.807) is 44.7 Å². The summed E-state index contributed by atoms with van der Waals surface area (Å²) in [5.41, 5.74) is 3.16. The number of carbonyl (C=O) groups is 1. The normalized spacial score (nSPS) is 10.4. The molecule has 7 nitrogen and oxygen atoms in total. The summed E-state index contributed by atoms with van der Waals surface area (Å²) in [5.74, 6) is 1.84. The van der Waals surface area contributed by atoms with E-state index in [0.717, 1.165) is 22.6 Å². The Bertz CT molecular complexity index is 1230. The molecule has 7 heteroatoms. The summed E-state index contributed by atoms with van der Waals surface area (Å²) >= 11 is 0. The lowest BCUT2D eigenvalue weighted by molar-refractivity contribution is 0.102. The van der Waals surface area contributed by atoms with Crippen LogP contribution >= 0.6 is 0 Å². The summed E-state index contributed by atoms with van der Waals surface area (Å²) in [6.45, 7) is 0.402. The minimum Gasteiger partial charge on any atom is -0.497 e. The molecule has 3 aromatic carbocycles. The maximum atomic E-state index is 12.9. The minimum atomic E-state index is -0.339. The van der Waals surface area contributed by atoms with Gasteiger partial charge in [0.25, 0.3) is 5.91 Å². The molecule has 0 fully saturated rings. The number of ether oxygens (including phenoxy) is 3. The number of nitrogens with one attached hydrogen (secondary N) is 1. The first kappa shape index (κ1) is 21.8. The summed E-state index contributed by atoms with van der Waals surface area (Å²) in [6.07, 6.45) is 3.07. The first-order chi connectivity index (χ1) is 16.2. The van der Waals surface area contributed by atoms with Crippen LogP contribution < -0.4 is 19.5 Å². The van der Waals surface area contributed by atoms with Gasteiger partial charge >= 0.3 is 0 Å². The molecule has 166 valence electrons. The number of aromatic nitrogens is 2. The van der Waals surface area contributed by atoms with E-state index >= 15 is 0 Å². The number of anilines is 1. The fourth-order valence-corrected chi connectivity index (χ4v) is 3.20. The lowest BCUT2D eigenvalue weighted by Crippen LogP contribution is -2.15. The molecule has 0 bridgehead atoms. The molecule has 1 N–H and O–H groups in total. The van der Waals surface area contributed by atoms with E-state index in [2.05, 4.69) is 15.3 Å². The van der Waals surface area contributed by atoms with E-state index in [9.17, 15) is 4.79 Å². The second-order valence-electron chi connectivity index (χ2n) is 7.10. The number of methoxy groups -OCH3 is 2. The van der Waals surface area contributed by atoms with E-state index < -0.39 is 0 Å². The lowest BCUT2D eigenvalue weighted by Gasteiger charge is -2.10. The molecule has 1 heterocycles. The van der Waals surface area contributed by atoms with Crippen molar-refractivity contribution < 1.29 is 19.0 Å². The first-order valence-corrected chi connectivity index (χ1v) is 10.3. The highest BCUT2D eigenvalue weighted by atomic mass is 16.5. The van der Waals surface area contributed by atoms with Crippen LogP contribution in [0.15, 0.2) is 85.2 Å². The average molecular weight is 441 g/mol. The number of rotatable bonds is 8. The number of carbonyl (C=O) groups excluding carboxylic acids is 1. The Morgan fingerprint density at radius 1 is 0.818 bits per heavy atom. The predicted octanol–water partition coefficient (Wildman–Crippen LogP) is 4.99. The summed E-state index contributed by atoms with van der Waals surface area (Å²) in [5, 5.41) is 2.85. The molecule has 0 aliphatic heterocycles. The number of hydrogen-bond donors (Lipinski definition) is 1. The monoisotopic (exact) mass is 441 g/mol. The third kappa shape index (κ3) is 5.46. The van der Waals surface area contributed by atoms with Gasteiger partial charge in [-0.25, -0.2) is 4.98 Å². The standard InChI is InChI=1S/C26H23N3O4/c1-31-21-12-10-20(11-13-21)29-26(30)25-24(27-14-15-28-25)19-8-6-18(7-9-19)17-33-23-5-3-4-22(16-23)32-2/h3-16H,17H2,1-2H3,(H,29,30). The maximum Gasteiger partial charge on any atom is 0.276 e. The molecule has 0 saturated carbocycles. The van der Waals surface area contributed by atoms with Crippen molar-refractivity contribution in [2.24, 2.45) is 0 Å². The molecule has 0 unspecified atom stereocenters. The van der Waals surface area contributed by atoms with Gasteiger partial charge in [0.05, 0.1) is 14.2 Å². The molecule has 4 aromatic rings. The first-order valence-electron chi connectivity index (χ1n) is 10.3. The van der Waals surface area contributed by atoms with E-state index in [1.165, 1.54) is 6.20 Å². The number of amides is 1. The fourth-order valence-electron chi connectivity index (χ4n) is 3.20. The van der Waals surface area contributed by atoms with E-state index in [0.29, 0.717) is 23.7 Å². The van der Waals surface area contributed by atoms with Gasteiger partial charge in [-0.05, 0) is 42.0 Å². The fraction of sp³-hybridized carbons (Fsp3) is 0.115. The van der Waals surface area contributed by atoms with Gasteiger partial charge in [0.2, 0.25) is 0 Å². The van der Waals surface area contributed by atoms with Gasteiger partial charge in [0.1, 0.15) is 29.5 Å². The summed E-state index contributed by atoms with van der Waals surface area (Å²) < 4.78 is 16.2. The second-order valence-corrected chi connectivity index (χ2v) is 7.10. The number of benzene rings is 3. The summed E-state index contributed by atoms with van der Waals surface area (Å²) in [6, 6.07) is 22.2. The average Bonchev–Trinajstić information content (AvgIpc) is 2.88. The Labute approximate surface area is 192 Å². The topological polar surface area (TPSA) is 82.6 Å². The molecule has 0 atom stereocenters. The summed E-state index contributed by atoms with van der Waals surface area (Å²) in [7, 11) is 3.21. The van der Waals surface area contributed by atoms with Crippen LogP contribution in [0.1, 0.15) is 16.1 Å². The van der Waals surface area contributed by atoms with Crippen molar-refractivity contribution in [1.29, 1.82) is 0 Å². The molecule has 0 aliphatic rings. The molecule has 4 rings (SSSR count). The van der Waals surface area contributed by atoms with E-state index in [-0.39, 0.29) is 11.6 Å². The molecular weight excluding hydrogens is 418 g/mol. The molecule has 33 heavy (non-hydrogen) atoms. The van der Waals surface area contributed by atoms with Crippen molar-refractivity contribution in [2.75, 3.05) is 19.5 Å². The highest BCUT2D eigenvalue weighted by Crippen LogP contribution is 2.24. The van der Waals surface area contributed by atoms with E-state index in [4.69, 9.17) is 14.2 Å². The highest BCUT2D eigenvalue weighted by Gasteiger charge is 2.16. The molecule has 1 aromatic heterocycles. The van der Waals surface area contributed by atoms with Gasteiger partial charge in [-0.2, -0.15) is 0 Å². The highest BCUT2D eigenvalue weighted by molar-refractivity contribution is 6.06. The van der Waals surface area contributed by atoms with Crippen molar-refractivity contribution >= 4 is 11.6 Å². The van der Waals surface area contributed by atoms with Gasteiger partial charge in [-0.15, -0.1) is 0 Å². The SMILES string of the molecule is COc1ccc(NC(=O)c2nccnc2-c2ccc(COc3cccc(OC)c3)cc2)cc1.